The molecule has 0 radical (unpaired) electrons. The summed E-state index contributed by atoms with van der Waals surface area (Å²) in [6.45, 7) is 8.79. The number of hydrogen-bond acceptors (Lipinski definition) is 15. The molecular formula is C28H34N4O13. The standard InChI is InChI=1S/C12H15NO2.C11H12N2O3.C2H4O2.3CO2.H3N/c1-5-8(2)11-9(3)6-13-7-10(11)12(14)15-4;1-6-3-13-10(14)7-4-12-5-8(9(6)7)11(15)16-2;1-2(3)4;3*2-1-3;/h5-7H,1-4H3;3-5,7,9H,1-2H3,(H,13,14);1H3,(H,3,4);;;;1H3/b8-5+;;;;;;. The zero-order chi connectivity index (χ0) is 34.8. The minimum atomic E-state index is -0.833. The maximum atomic E-state index is 11.6. The molecule has 5 N–H and O–H groups in total. The number of aliphatic carboxylic acids is 1. The third-order valence-corrected chi connectivity index (χ3v) is 5.18. The smallest absolute Gasteiger partial charge is 0.373 e. The molecule has 1 aromatic heterocycles. The topological polar surface area (TPSA) is 282 Å². The van der Waals surface area contributed by atoms with Gasteiger partial charge >= 0.3 is 30.4 Å². The fourth-order valence-electron chi connectivity index (χ4n) is 3.49. The number of rotatable bonds is 3. The highest BCUT2D eigenvalue weighted by Crippen LogP contribution is 2.33. The molecule has 244 valence electrons. The number of amides is 1. The number of allylic oxidation sites excluding steroid dienone is 3. The number of aliphatic imine (C=N–C) groups is 1. The number of hydrogen-bond donors (Lipinski definition) is 3. The second-order valence-electron chi connectivity index (χ2n) is 7.89. The molecule has 2 atom stereocenters. The van der Waals surface area contributed by atoms with Crippen molar-refractivity contribution in [1.29, 1.82) is 0 Å². The van der Waals surface area contributed by atoms with E-state index in [4.69, 9.17) is 43.4 Å². The normalized spacial score (nSPS) is 14.6. The maximum absolute atomic E-state index is 11.6. The first kappa shape index (κ1) is 46.0. The number of fused-ring (bicyclic) bond motifs is 1. The van der Waals surface area contributed by atoms with Gasteiger partial charge in [0.1, 0.15) is 0 Å². The Morgan fingerprint density at radius 1 is 0.933 bits per heavy atom. The Balaban J connectivity index is -0.000000267. The van der Waals surface area contributed by atoms with Crippen LogP contribution in [0.15, 0.2) is 47.0 Å². The highest BCUT2D eigenvalue weighted by Gasteiger charge is 2.38. The Morgan fingerprint density at radius 2 is 1.40 bits per heavy atom. The average molecular weight is 635 g/mol. The summed E-state index contributed by atoms with van der Waals surface area (Å²) in [6.07, 6.45) is 10.6. The predicted molar refractivity (Wildman–Crippen MR) is 150 cm³/mol. The summed E-state index contributed by atoms with van der Waals surface area (Å²) in [5.41, 5.74) is 4.82. The molecule has 17 heteroatoms. The number of nitrogens with one attached hydrogen (secondary N) is 1. The van der Waals surface area contributed by atoms with E-state index in [1.54, 1.807) is 24.8 Å². The minimum Gasteiger partial charge on any atom is -0.481 e. The maximum Gasteiger partial charge on any atom is 0.373 e. The van der Waals surface area contributed by atoms with Crippen molar-refractivity contribution in [1.82, 2.24) is 16.5 Å². The van der Waals surface area contributed by atoms with Crippen LogP contribution in [0.1, 0.15) is 49.2 Å². The monoisotopic (exact) mass is 634 g/mol. The molecule has 2 aliphatic rings. The quantitative estimate of drug-likeness (QED) is 0.397. The number of carboxylic acid groups (broad SMARTS) is 1. The van der Waals surface area contributed by atoms with Crippen molar-refractivity contribution in [3.8, 4) is 0 Å². The molecule has 17 nitrogen and oxygen atoms in total. The van der Waals surface area contributed by atoms with Crippen LogP contribution in [0.3, 0.4) is 0 Å². The molecule has 2 aliphatic heterocycles. The largest absolute Gasteiger partial charge is 0.481 e. The molecule has 1 amide bonds. The Labute approximate surface area is 257 Å². The summed E-state index contributed by atoms with van der Waals surface area (Å²) in [5.74, 6) is -2.42. The van der Waals surface area contributed by atoms with E-state index in [1.165, 1.54) is 20.4 Å². The van der Waals surface area contributed by atoms with Crippen molar-refractivity contribution < 1.29 is 62.5 Å². The number of aryl methyl sites for hydroxylation is 1. The molecule has 2 unspecified atom stereocenters. The predicted octanol–water partition coefficient (Wildman–Crippen LogP) is 1.50. The first-order valence-corrected chi connectivity index (χ1v) is 11.9. The second-order valence-corrected chi connectivity index (χ2v) is 7.89. The van der Waals surface area contributed by atoms with Gasteiger partial charge in [-0.15, -0.1) is 0 Å². The highest BCUT2D eigenvalue weighted by molar-refractivity contribution is 6.01. The van der Waals surface area contributed by atoms with Gasteiger partial charge in [0.2, 0.25) is 5.91 Å². The zero-order valence-electron chi connectivity index (χ0n) is 25.6. The fraction of sp³-hybridized carbons (Fsp3) is 0.321. The molecule has 0 spiro atoms. The number of aromatic nitrogens is 1. The number of carboxylic acids is 1. The van der Waals surface area contributed by atoms with Gasteiger partial charge in [0.15, 0.2) is 0 Å². The van der Waals surface area contributed by atoms with E-state index < -0.39 is 17.9 Å². The van der Waals surface area contributed by atoms with Gasteiger partial charge in [-0.1, -0.05) is 6.08 Å². The number of carbonyl (C=O) groups is 4. The van der Waals surface area contributed by atoms with Crippen molar-refractivity contribution >= 4 is 54.1 Å². The number of methoxy groups -OCH3 is 2. The van der Waals surface area contributed by atoms with Crippen LogP contribution in [-0.4, -0.2) is 72.8 Å². The molecule has 45 heavy (non-hydrogen) atoms. The van der Waals surface area contributed by atoms with Crippen LogP contribution in [0.25, 0.3) is 5.57 Å². The van der Waals surface area contributed by atoms with Crippen LogP contribution in [-0.2, 0) is 52.6 Å². The molecule has 0 bridgehead atoms. The van der Waals surface area contributed by atoms with Gasteiger partial charge in [0.25, 0.3) is 5.97 Å². The fourth-order valence-corrected chi connectivity index (χ4v) is 3.49. The van der Waals surface area contributed by atoms with Crippen molar-refractivity contribution in [2.75, 3.05) is 14.2 Å². The Bertz CT molecular complexity index is 1340. The van der Waals surface area contributed by atoms with Crippen molar-refractivity contribution in [3.05, 3.63) is 58.7 Å². The number of pyridine rings is 1. The van der Waals surface area contributed by atoms with E-state index in [9.17, 15) is 14.4 Å². The van der Waals surface area contributed by atoms with E-state index in [-0.39, 0.29) is 42.4 Å². The zero-order valence-corrected chi connectivity index (χ0v) is 25.6. The van der Waals surface area contributed by atoms with Gasteiger partial charge in [0, 0.05) is 43.8 Å². The number of esters is 2. The molecular weight excluding hydrogens is 600 g/mol. The lowest BCUT2D eigenvalue weighted by molar-refractivity contribution is -0.193. The molecule has 3 rings (SSSR count). The van der Waals surface area contributed by atoms with Gasteiger partial charge in [-0.25, -0.2) is 9.59 Å². The first-order valence-electron chi connectivity index (χ1n) is 11.9. The molecule has 0 aromatic carbocycles. The lowest BCUT2D eigenvalue weighted by Gasteiger charge is -2.30. The molecule has 0 saturated heterocycles. The number of carbonyl (C=O) groups excluding carboxylic acids is 9. The lowest BCUT2D eigenvalue weighted by atomic mass is 9.78. The summed E-state index contributed by atoms with van der Waals surface area (Å²) in [7, 11) is 2.69. The van der Waals surface area contributed by atoms with E-state index in [0.717, 1.165) is 29.2 Å². The van der Waals surface area contributed by atoms with E-state index in [2.05, 4.69) is 20.0 Å². The molecule has 3 heterocycles. The van der Waals surface area contributed by atoms with Crippen molar-refractivity contribution in [2.24, 2.45) is 16.8 Å². The van der Waals surface area contributed by atoms with Gasteiger partial charge in [0.05, 0.1) is 31.3 Å². The molecule has 1 aromatic rings. The van der Waals surface area contributed by atoms with Gasteiger partial charge < -0.3 is 26.0 Å². The molecule has 0 fully saturated rings. The summed E-state index contributed by atoms with van der Waals surface area (Å²) in [6, 6.07) is 0. The third-order valence-electron chi connectivity index (χ3n) is 5.18. The minimum absolute atomic E-state index is 0. The van der Waals surface area contributed by atoms with Gasteiger partial charge in [-0.3, -0.25) is 19.6 Å². The van der Waals surface area contributed by atoms with Crippen molar-refractivity contribution in [2.45, 2.75) is 34.6 Å². The Hall–Kier alpha value is -5.98. The van der Waals surface area contributed by atoms with Crippen LogP contribution in [0.5, 0.6) is 0 Å². The van der Waals surface area contributed by atoms with Crippen LogP contribution in [0.4, 0.5) is 0 Å². The Kier molecular flexibility index (Phi) is 27.5. The second kappa shape index (κ2) is 26.9. The van der Waals surface area contributed by atoms with Crippen LogP contribution in [0.2, 0.25) is 0 Å². The van der Waals surface area contributed by atoms with Gasteiger partial charge in [-0.05, 0) is 50.0 Å². The van der Waals surface area contributed by atoms with E-state index in [0.29, 0.717) is 11.1 Å². The highest BCUT2D eigenvalue weighted by atomic mass is 16.5. The Morgan fingerprint density at radius 3 is 1.82 bits per heavy atom. The van der Waals surface area contributed by atoms with Crippen LogP contribution >= 0.6 is 0 Å². The first-order chi connectivity index (χ1) is 20.7. The van der Waals surface area contributed by atoms with E-state index >= 15 is 0 Å². The van der Waals surface area contributed by atoms with E-state index in [1.807, 2.05) is 33.8 Å². The summed E-state index contributed by atoms with van der Waals surface area (Å²) >= 11 is 0. The summed E-state index contributed by atoms with van der Waals surface area (Å²) < 4.78 is 9.40. The number of ether oxygens (including phenoxy) is 2. The van der Waals surface area contributed by atoms with Gasteiger partial charge in [-0.2, -0.15) is 28.8 Å². The number of nitrogens with zero attached hydrogens (tertiary/aromatic N) is 2. The van der Waals surface area contributed by atoms with Crippen molar-refractivity contribution in [3.63, 3.8) is 0 Å². The average Bonchev–Trinajstić information content (AvgIpc) is 2.98. The SMILES string of the molecule is C/C=C(\C)c1c(C)cncc1C(=O)OC.CC(=O)O.COC(=O)C1=CN=CC2C(=O)NC=C(C)C12.N.O=C=O.O=C=O.O=C=O. The third kappa shape index (κ3) is 17.5. The summed E-state index contributed by atoms with van der Waals surface area (Å²) in [4.78, 5) is 100. The lowest BCUT2D eigenvalue weighted by Crippen LogP contribution is -2.41. The van der Waals surface area contributed by atoms with Crippen LogP contribution < -0.4 is 11.5 Å². The molecule has 0 saturated carbocycles. The van der Waals surface area contributed by atoms with Crippen LogP contribution in [0, 0.1) is 18.8 Å². The summed E-state index contributed by atoms with van der Waals surface area (Å²) in [5, 5.41) is 10.1. The molecule has 0 aliphatic carbocycles.